The van der Waals surface area contributed by atoms with Gasteiger partial charge in [-0.3, -0.25) is 0 Å². The van der Waals surface area contributed by atoms with Crippen LogP contribution in [0.3, 0.4) is 0 Å². The Morgan fingerprint density at radius 3 is 2.84 bits per heavy atom. The zero-order valence-electron chi connectivity index (χ0n) is 13.3. The van der Waals surface area contributed by atoms with Crippen molar-refractivity contribution in [3.63, 3.8) is 0 Å². The van der Waals surface area contributed by atoms with E-state index in [2.05, 4.69) is 15.3 Å². The molecule has 2 aromatic heterocycles. The third-order valence-electron chi connectivity index (χ3n) is 4.56. The second-order valence-electron chi connectivity index (χ2n) is 6.14. The smallest absolute Gasteiger partial charge is 0.141 e. The maximum Gasteiger partial charge on any atom is 0.141 e. The number of halogens is 1. The fourth-order valence-corrected chi connectivity index (χ4v) is 4.34. The molecule has 1 aromatic carbocycles. The number of hydrogen-bond acceptors (Lipinski definition) is 6. The van der Waals surface area contributed by atoms with Crippen molar-refractivity contribution in [2.24, 2.45) is 5.92 Å². The number of carbonyl (C=O) groups excluding carboxylic acids is 1. The van der Waals surface area contributed by atoms with Gasteiger partial charge in [0.05, 0.1) is 5.39 Å². The number of aromatic nitrogens is 2. The second kappa shape index (κ2) is 6.61. The quantitative estimate of drug-likeness (QED) is 0.707. The van der Waals surface area contributed by atoms with Crippen molar-refractivity contribution in [2.75, 3.05) is 18.0 Å². The van der Waals surface area contributed by atoms with Crippen LogP contribution >= 0.6 is 22.9 Å². The number of carbonyl (C=O) groups is 1. The molecule has 128 valence electrons. The van der Waals surface area contributed by atoms with E-state index in [1.165, 1.54) is 0 Å². The maximum absolute atomic E-state index is 11.3. The van der Waals surface area contributed by atoms with Crippen molar-refractivity contribution >= 4 is 44.9 Å². The molecule has 1 saturated heterocycles. The average molecular weight is 373 g/mol. The highest BCUT2D eigenvalue weighted by atomic mass is 35.5. The molecule has 5 nitrogen and oxygen atoms in total. The fraction of sp³-hybridized carbons (Fsp3) is 0.278. The van der Waals surface area contributed by atoms with E-state index in [-0.39, 0.29) is 0 Å². The second-order valence-corrected chi connectivity index (χ2v) is 7.43. The first-order valence-electron chi connectivity index (χ1n) is 8.07. The third kappa shape index (κ3) is 3.07. The molecule has 0 unspecified atom stereocenters. The van der Waals surface area contributed by atoms with Gasteiger partial charge in [-0.05, 0) is 30.5 Å². The van der Waals surface area contributed by atoms with Gasteiger partial charge in [0.1, 0.15) is 17.0 Å². The van der Waals surface area contributed by atoms with Gasteiger partial charge in [0.2, 0.25) is 0 Å². The molecule has 1 aliphatic rings. The van der Waals surface area contributed by atoms with Crippen molar-refractivity contribution in [1.29, 1.82) is 0 Å². The van der Waals surface area contributed by atoms with Gasteiger partial charge in [-0.15, -0.1) is 11.3 Å². The number of nitrogens with zero attached hydrogens (tertiary/aromatic N) is 3. The molecule has 0 radical (unpaired) electrons. The van der Waals surface area contributed by atoms with E-state index in [4.69, 9.17) is 11.6 Å². The van der Waals surface area contributed by atoms with Crippen LogP contribution in [-0.4, -0.2) is 29.0 Å². The lowest BCUT2D eigenvalue weighted by Crippen LogP contribution is -2.44. The summed E-state index contributed by atoms with van der Waals surface area (Å²) in [5.74, 6) is -0.656. The Bertz CT molecular complexity index is 926. The van der Waals surface area contributed by atoms with Crippen LogP contribution in [0.25, 0.3) is 21.3 Å². The summed E-state index contributed by atoms with van der Waals surface area (Å²) in [7, 11) is 0. The van der Waals surface area contributed by atoms with Gasteiger partial charge in [0.15, 0.2) is 0 Å². The maximum atomic E-state index is 11.3. The summed E-state index contributed by atoms with van der Waals surface area (Å²) in [6.07, 6.45) is 3.01. The number of piperidine rings is 1. The Morgan fingerprint density at radius 1 is 1.28 bits per heavy atom. The van der Waals surface area contributed by atoms with Crippen LogP contribution in [0, 0.1) is 5.92 Å². The summed E-state index contributed by atoms with van der Waals surface area (Å²) in [6.45, 7) is 1.20. The highest BCUT2D eigenvalue weighted by molar-refractivity contribution is 7.17. The third-order valence-corrected chi connectivity index (χ3v) is 5.70. The molecular formula is C18H15ClN3O2S-. The number of thiophene rings is 1. The fourth-order valence-electron chi connectivity index (χ4n) is 3.30. The van der Waals surface area contributed by atoms with Gasteiger partial charge in [-0.1, -0.05) is 23.7 Å². The van der Waals surface area contributed by atoms with Gasteiger partial charge in [-0.25, -0.2) is 9.97 Å². The summed E-state index contributed by atoms with van der Waals surface area (Å²) in [4.78, 5) is 23.1. The number of aliphatic carboxylic acids is 1. The molecule has 3 heterocycles. The molecule has 0 N–H and O–H groups in total. The lowest BCUT2D eigenvalue weighted by Gasteiger charge is -2.34. The molecule has 7 heteroatoms. The van der Waals surface area contributed by atoms with E-state index in [9.17, 15) is 9.90 Å². The van der Waals surface area contributed by atoms with E-state index in [0.29, 0.717) is 18.0 Å². The molecule has 1 aliphatic heterocycles. The highest BCUT2D eigenvalue weighted by Gasteiger charge is 2.24. The molecular weight excluding hydrogens is 358 g/mol. The number of rotatable bonds is 3. The van der Waals surface area contributed by atoms with Crippen molar-refractivity contribution in [2.45, 2.75) is 12.8 Å². The first kappa shape index (κ1) is 16.3. The van der Waals surface area contributed by atoms with Gasteiger partial charge in [0.25, 0.3) is 0 Å². The predicted molar refractivity (Wildman–Crippen MR) is 97.8 cm³/mol. The van der Waals surface area contributed by atoms with E-state index in [0.717, 1.165) is 40.1 Å². The van der Waals surface area contributed by atoms with Crippen LogP contribution in [-0.2, 0) is 4.79 Å². The number of hydrogen-bond donors (Lipinski definition) is 0. The van der Waals surface area contributed by atoms with Crippen LogP contribution in [0.1, 0.15) is 12.8 Å². The van der Waals surface area contributed by atoms with Crippen molar-refractivity contribution in [3.8, 4) is 11.1 Å². The largest absolute Gasteiger partial charge is 0.550 e. The summed E-state index contributed by atoms with van der Waals surface area (Å²) < 4.78 is 0. The van der Waals surface area contributed by atoms with E-state index in [1.54, 1.807) is 17.7 Å². The molecule has 0 aliphatic carbocycles. The molecule has 25 heavy (non-hydrogen) atoms. The van der Waals surface area contributed by atoms with Gasteiger partial charge < -0.3 is 14.8 Å². The summed E-state index contributed by atoms with van der Waals surface area (Å²) in [5.41, 5.74) is 2.09. The number of fused-ring (bicyclic) bond motifs is 1. The first-order chi connectivity index (χ1) is 12.1. The predicted octanol–water partition coefficient (Wildman–Crippen LogP) is 2.98. The average Bonchev–Trinajstić information content (AvgIpc) is 3.06. The van der Waals surface area contributed by atoms with Crippen LogP contribution < -0.4 is 10.0 Å². The van der Waals surface area contributed by atoms with Crippen molar-refractivity contribution < 1.29 is 9.90 Å². The van der Waals surface area contributed by atoms with Crippen molar-refractivity contribution in [3.05, 3.63) is 41.0 Å². The van der Waals surface area contributed by atoms with Crippen LogP contribution in [0.4, 0.5) is 5.82 Å². The molecule has 0 bridgehead atoms. The number of anilines is 1. The zero-order chi connectivity index (χ0) is 17.4. The summed E-state index contributed by atoms with van der Waals surface area (Å²) >= 11 is 7.56. The Morgan fingerprint density at radius 2 is 2.08 bits per heavy atom. The van der Waals surface area contributed by atoms with Crippen LogP contribution in [0.5, 0.6) is 0 Å². The van der Waals surface area contributed by atoms with Crippen LogP contribution in [0.2, 0.25) is 5.02 Å². The number of carboxylic acid groups (broad SMARTS) is 1. The minimum atomic E-state index is -0.988. The van der Waals surface area contributed by atoms with E-state index >= 15 is 0 Å². The molecule has 3 aromatic rings. The van der Waals surface area contributed by atoms with E-state index < -0.39 is 11.9 Å². The Balaban J connectivity index is 1.80. The number of carboxylic acids is 1. The van der Waals surface area contributed by atoms with Gasteiger partial charge in [-0.2, -0.15) is 0 Å². The molecule has 1 fully saturated rings. The summed E-state index contributed by atoms with van der Waals surface area (Å²) in [5, 5.41) is 15.0. The summed E-state index contributed by atoms with van der Waals surface area (Å²) in [6, 6.07) is 7.66. The van der Waals surface area contributed by atoms with Crippen molar-refractivity contribution in [1.82, 2.24) is 9.97 Å². The molecule has 0 saturated carbocycles. The Kier molecular flexibility index (Phi) is 4.31. The SMILES string of the molecule is O=C([O-])[C@H]1CCCN(c2ncnc3scc(-c4ccc(Cl)cc4)c23)C1. The minimum absolute atomic E-state index is 0.421. The zero-order valence-corrected chi connectivity index (χ0v) is 14.9. The molecule has 4 rings (SSSR count). The lowest BCUT2D eigenvalue weighted by molar-refractivity contribution is -0.311. The number of benzene rings is 1. The van der Waals surface area contributed by atoms with Gasteiger partial charge in [0, 0.05) is 40.9 Å². The van der Waals surface area contributed by atoms with Gasteiger partial charge >= 0.3 is 0 Å². The molecule has 0 spiro atoms. The lowest BCUT2D eigenvalue weighted by atomic mass is 9.97. The van der Waals surface area contributed by atoms with Crippen LogP contribution in [0.15, 0.2) is 36.0 Å². The Hall–Kier alpha value is -2.18. The molecule has 0 amide bonds. The first-order valence-corrected chi connectivity index (χ1v) is 9.33. The topological polar surface area (TPSA) is 69.2 Å². The standard InChI is InChI=1S/C18H16ClN3O2S/c19-13-5-3-11(4-6-13)14-9-25-17-15(14)16(20-10-21-17)22-7-1-2-12(8-22)18(23)24/h3-6,9-10,12H,1-2,7-8H2,(H,23,24)/p-1/t12-/m0/s1. The monoisotopic (exact) mass is 372 g/mol. The van der Waals surface area contributed by atoms with E-state index in [1.807, 2.05) is 29.2 Å². The molecule has 1 atom stereocenters. The Labute approximate surface area is 153 Å². The highest BCUT2D eigenvalue weighted by Crippen LogP contribution is 2.39. The minimum Gasteiger partial charge on any atom is -0.550 e. The normalized spacial score (nSPS) is 17.8.